The zero-order valence-corrected chi connectivity index (χ0v) is 9.67. The summed E-state index contributed by atoms with van der Waals surface area (Å²) in [7, 11) is 1.94. The molecule has 0 saturated heterocycles. The Kier molecular flexibility index (Phi) is 3.01. The Labute approximate surface area is 92.0 Å². The molecule has 86 valence electrons. The van der Waals surface area contributed by atoms with Gasteiger partial charge in [0.1, 0.15) is 0 Å². The molecule has 2 aliphatic carbocycles. The molecule has 0 atom stereocenters. The van der Waals surface area contributed by atoms with E-state index in [1.807, 2.05) is 11.9 Å². The van der Waals surface area contributed by atoms with Crippen molar-refractivity contribution in [3.8, 4) is 0 Å². The number of nitrogens with two attached hydrogens (primary N) is 1. The van der Waals surface area contributed by atoms with Gasteiger partial charge >= 0.3 is 0 Å². The van der Waals surface area contributed by atoms with Crippen LogP contribution in [-0.2, 0) is 4.79 Å². The van der Waals surface area contributed by atoms with Gasteiger partial charge in [0, 0.05) is 20.1 Å². The number of nitrogens with zero attached hydrogens (tertiary/aromatic N) is 1. The summed E-state index contributed by atoms with van der Waals surface area (Å²) in [6, 6.07) is 0. The molecule has 1 amide bonds. The van der Waals surface area contributed by atoms with Gasteiger partial charge in [-0.15, -0.1) is 0 Å². The Morgan fingerprint density at radius 3 is 2.40 bits per heavy atom. The highest BCUT2D eigenvalue weighted by Gasteiger charge is 2.44. The molecule has 2 saturated carbocycles. The minimum atomic E-state index is -0.182. The van der Waals surface area contributed by atoms with Crippen LogP contribution in [0, 0.1) is 11.3 Å². The van der Waals surface area contributed by atoms with E-state index < -0.39 is 0 Å². The van der Waals surface area contributed by atoms with Gasteiger partial charge in [0.05, 0.1) is 5.41 Å². The summed E-state index contributed by atoms with van der Waals surface area (Å²) < 4.78 is 0. The molecule has 2 N–H and O–H groups in total. The van der Waals surface area contributed by atoms with Crippen LogP contribution >= 0.6 is 0 Å². The van der Waals surface area contributed by atoms with E-state index in [0.717, 1.165) is 25.3 Å². The fourth-order valence-corrected chi connectivity index (χ4v) is 2.66. The van der Waals surface area contributed by atoms with E-state index in [-0.39, 0.29) is 5.41 Å². The van der Waals surface area contributed by atoms with E-state index in [1.54, 1.807) is 0 Å². The second-order valence-electron chi connectivity index (χ2n) is 5.32. The van der Waals surface area contributed by atoms with E-state index in [0.29, 0.717) is 12.5 Å². The number of carbonyl (C=O) groups excluding carboxylic acids is 1. The summed E-state index contributed by atoms with van der Waals surface area (Å²) in [6.07, 6.45) is 7.10. The number of amides is 1. The van der Waals surface area contributed by atoms with Gasteiger partial charge in [-0.25, -0.2) is 0 Å². The first kappa shape index (κ1) is 10.9. The maximum absolute atomic E-state index is 12.2. The molecule has 0 aromatic carbocycles. The highest BCUT2D eigenvalue weighted by Crippen LogP contribution is 2.41. The zero-order chi connectivity index (χ0) is 10.9. The van der Waals surface area contributed by atoms with Crippen LogP contribution in [0.1, 0.15) is 38.5 Å². The third kappa shape index (κ3) is 1.89. The summed E-state index contributed by atoms with van der Waals surface area (Å²) in [5.74, 6) is 1.05. The minimum Gasteiger partial charge on any atom is -0.345 e. The maximum Gasteiger partial charge on any atom is 0.229 e. The molecular weight excluding hydrogens is 188 g/mol. The molecule has 0 radical (unpaired) electrons. The van der Waals surface area contributed by atoms with E-state index in [9.17, 15) is 4.79 Å². The Balaban J connectivity index is 1.87. The maximum atomic E-state index is 12.2. The fraction of sp³-hybridized carbons (Fsp3) is 0.917. The van der Waals surface area contributed by atoms with E-state index >= 15 is 0 Å². The predicted molar refractivity (Wildman–Crippen MR) is 60.3 cm³/mol. The molecule has 0 bridgehead atoms. The highest BCUT2D eigenvalue weighted by molar-refractivity contribution is 5.83. The van der Waals surface area contributed by atoms with Crippen molar-refractivity contribution < 1.29 is 4.79 Å². The van der Waals surface area contributed by atoms with Gasteiger partial charge in [-0.3, -0.25) is 4.79 Å². The lowest BCUT2D eigenvalue weighted by Crippen LogP contribution is -2.52. The molecule has 3 heteroatoms. The van der Waals surface area contributed by atoms with Gasteiger partial charge < -0.3 is 10.6 Å². The molecule has 2 rings (SSSR count). The topological polar surface area (TPSA) is 46.3 Å². The summed E-state index contributed by atoms with van der Waals surface area (Å²) in [5, 5.41) is 0. The van der Waals surface area contributed by atoms with Crippen molar-refractivity contribution in [2.45, 2.75) is 38.5 Å². The Morgan fingerprint density at radius 2 is 2.07 bits per heavy atom. The molecule has 0 aliphatic heterocycles. The van der Waals surface area contributed by atoms with E-state index in [2.05, 4.69) is 0 Å². The van der Waals surface area contributed by atoms with Gasteiger partial charge in [0.2, 0.25) is 5.91 Å². The average Bonchev–Trinajstić information content (AvgIpc) is 2.10. The zero-order valence-electron chi connectivity index (χ0n) is 9.67. The molecule has 0 unspecified atom stereocenters. The molecule has 3 nitrogen and oxygen atoms in total. The van der Waals surface area contributed by atoms with Crippen molar-refractivity contribution in [2.24, 2.45) is 17.1 Å². The first-order valence-corrected chi connectivity index (χ1v) is 6.13. The molecule has 0 spiro atoms. The number of hydrogen-bond acceptors (Lipinski definition) is 2. The molecular formula is C12H22N2O. The first-order chi connectivity index (χ1) is 7.18. The average molecular weight is 210 g/mol. The van der Waals surface area contributed by atoms with Crippen molar-refractivity contribution >= 4 is 5.91 Å². The summed E-state index contributed by atoms with van der Waals surface area (Å²) in [5.41, 5.74) is 5.56. The fourth-order valence-electron chi connectivity index (χ4n) is 2.66. The van der Waals surface area contributed by atoms with Crippen molar-refractivity contribution in [1.29, 1.82) is 0 Å². The quantitative estimate of drug-likeness (QED) is 0.762. The number of carbonyl (C=O) groups is 1. The monoisotopic (exact) mass is 210 g/mol. The Hall–Kier alpha value is -0.570. The van der Waals surface area contributed by atoms with Gasteiger partial charge in [-0.05, 0) is 31.6 Å². The van der Waals surface area contributed by atoms with Crippen LogP contribution in [0.5, 0.6) is 0 Å². The van der Waals surface area contributed by atoms with Crippen molar-refractivity contribution in [2.75, 3.05) is 20.1 Å². The lowest BCUT2D eigenvalue weighted by molar-refractivity contribution is -0.146. The highest BCUT2D eigenvalue weighted by atomic mass is 16.2. The van der Waals surface area contributed by atoms with Crippen LogP contribution in [0.4, 0.5) is 0 Å². The van der Waals surface area contributed by atoms with Crippen molar-refractivity contribution in [3.05, 3.63) is 0 Å². The van der Waals surface area contributed by atoms with E-state index in [4.69, 9.17) is 5.73 Å². The van der Waals surface area contributed by atoms with E-state index in [1.165, 1.54) is 25.7 Å². The predicted octanol–water partition coefficient (Wildman–Crippen LogP) is 1.37. The van der Waals surface area contributed by atoms with Crippen LogP contribution in [0.3, 0.4) is 0 Å². The normalized spacial score (nSPS) is 24.1. The largest absolute Gasteiger partial charge is 0.345 e. The Morgan fingerprint density at radius 1 is 1.40 bits per heavy atom. The van der Waals surface area contributed by atoms with Crippen LogP contribution in [-0.4, -0.2) is 30.9 Å². The van der Waals surface area contributed by atoms with Crippen LogP contribution in [0.2, 0.25) is 0 Å². The van der Waals surface area contributed by atoms with Crippen molar-refractivity contribution in [1.82, 2.24) is 4.90 Å². The lowest BCUT2D eigenvalue weighted by Gasteiger charge is -2.43. The summed E-state index contributed by atoms with van der Waals surface area (Å²) >= 11 is 0. The molecule has 2 fully saturated rings. The van der Waals surface area contributed by atoms with Gasteiger partial charge in [-0.1, -0.05) is 12.8 Å². The van der Waals surface area contributed by atoms with Gasteiger partial charge in [0.15, 0.2) is 0 Å². The second-order valence-corrected chi connectivity index (χ2v) is 5.32. The SMILES string of the molecule is CN(CC1CCC1)C(=O)C1(CN)CCC1. The molecule has 0 aromatic heterocycles. The van der Waals surface area contributed by atoms with Gasteiger partial charge in [-0.2, -0.15) is 0 Å². The van der Waals surface area contributed by atoms with Crippen molar-refractivity contribution in [3.63, 3.8) is 0 Å². The molecule has 0 heterocycles. The minimum absolute atomic E-state index is 0.182. The summed E-state index contributed by atoms with van der Waals surface area (Å²) in [6.45, 7) is 1.47. The third-order valence-corrected chi connectivity index (χ3v) is 4.26. The van der Waals surface area contributed by atoms with Gasteiger partial charge in [0.25, 0.3) is 0 Å². The molecule has 0 aromatic rings. The van der Waals surface area contributed by atoms with Crippen LogP contribution in [0.15, 0.2) is 0 Å². The number of hydrogen-bond donors (Lipinski definition) is 1. The summed E-state index contributed by atoms with van der Waals surface area (Å²) in [4.78, 5) is 14.1. The van der Waals surface area contributed by atoms with Crippen LogP contribution in [0.25, 0.3) is 0 Å². The third-order valence-electron chi connectivity index (χ3n) is 4.26. The second kappa shape index (κ2) is 4.12. The Bertz CT molecular complexity index is 238. The lowest BCUT2D eigenvalue weighted by atomic mass is 9.67. The molecule has 2 aliphatic rings. The molecule has 15 heavy (non-hydrogen) atoms. The smallest absolute Gasteiger partial charge is 0.229 e. The number of rotatable bonds is 4. The van der Waals surface area contributed by atoms with Crippen LogP contribution < -0.4 is 5.73 Å². The standard InChI is InChI=1S/C12H22N2O/c1-14(8-10-4-2-5-10)11(15)12(9-13)6-3-7-12/h10H,2-9,13H2,1H3. The first-order valence-electron chi connectivity index (χ1n) is 6.13.